The lowest BCUT2D eigenvalue weighted by Crippen LogP contribution is -2.45. The first-order chi connectivity index (χ1) is 8.70. The highest BCUT2D eigenvalue weighted by Gasteiger charge is 2.22. The van der Waals surface area contributed by atoms with Crippen molar-refractivity contribution in [3.05, 3.63) is 28.2 Å². The van der Waals surface area contributed by atoms with Gasteiger partial charge in [-0.05, 0) is 34.1 Å². The van der Waals surface area contributed by atoms with E-state index in [-0.39, 0.29) is 5.91 Å². The largest absolute Gasteiger partial charge is 0.366 e. The van der Waals surface area contributed by atoms with E-state index >= 15 is 0 Å². The summed E-state index contributed by atoms with van der Waals surface area (Å²) in [5, 5.41) is 14.6. The van der Waals surface area contributed by atoms with Crippen LogP contribution in [0, 0.1) is 11.3 Å². The minimum Gasteiger partial charge on any atom is -0.366 e. The number of ether oxygens (including phenoxy) is 1. The summed E-state index contributed by atoms with van der Waals surface area (Å²) in [6.45, 7) is 1.82. The Hall–Kier alpha value is -1.42. The molecular weight excluding hydrogens is 298 g/mol. The molecule has 0 saturated carbocycles. The molecule has 6 heteroatoms. The van der Waals surface area contributed by atoms with Crippen LogP contribution in [0.2, 0.25) is 0 Å². The summed E-state index contributed by atoms with van der Waals surface area (Å²) < 4.78 is 6.03. The molecule has 1 fully saturated rings. The first kappa shape index (κ1) is 13.0. The predicted molar refractivity (Wildman–Crippen MR) is 70.1 cm³/mol. The first-order valence-corrected chi connectivity index (χ1v) is 6.33. The van der Waals surface area contributed by atoms with Crippen LogP contribution in [0.3, 0.4) is 0 Å². The van der Waals surface area contributed by atoms with Gasteiger partial charge in [0.15, 0.2) is 0 Å². The summed E-state index contributed by atoms with van der Waals surface area (Å²) in [5.74, 6) is -0.187. The van der Waals surface area contributed by atoms with E-state index < -0.39 is 6.10 Å². The van der Waals surface area contributed by atoms with Gasteiger partial charge >= 0.3 is 0 Å². The van der Waals surface area contributed by atoms with Gasteiger partial charge in [0, 0.05) is 17.6 Å². The molecule has 1 saturated heterocycles. The number of nitrogens with one attached hydrogen (secondary N) is 2. The van der Waals surface area contributed by atoms with Crippen LogP contribution < -0.4 is 10.6 Å². The molecule has 0 radical (unpaired) electrons. The molecule has 0 spiro atoms. The molecule has 0 aliphatic carbocycles. The molecule has 94 valence electrons. The third kappa shape index (κ3) is 3.07. The number of hydrogen-bond acceptors (Lipinski definition) is 4. The van der Waals surface area contributed by atoms with Gasteiger partial charge in [0.1, 0.15) is 6.10 Å². The fourth-order valence-electron chi connectivity index (χ4n) is 1.63. The summed E-state index contributed by atoms with van der Waals surface area (Å²) in [7, 11) is 0. The second kappa shape index (κ2) is 5.96. The summed E-state index contributed by atoms with van der Waals surface area (Å²) in [6.07, 6.45) is -0.471. The van der Waals surface area contributed by atoms with E-state index in [0.29, 0.717) is 28.9 Å². The average Bonchev–Trinajstić information content (AvgIpc) is 2.42. The molecule has 18 heavy (non-hydrogen) atoms. The Labute approximate surface area is 113 Å². The van der Waals surface area contributed by atoms with Crippen LogP contribution in [-0.2, 0) is 9.53 Å². The molecule has 1 amide bonds. The van der Waals surface area contributed by atoms with Gasteiger partial charge in [-0.15, -0.1) is 0 Å². The molecule has 2 rings (SSSR count). The van der Waals surface area contributed by atoms with E-state index in [1.54, 1.807) is 18.2 Å². The monoisotopic (exact) mass is 309 g/mol. The van der Waals surface area contributed by atoms with Crippen LogP contribution in [0.1, 0.15) is 5.56 Å². The van der Waals surface area contributed by atoms with Crippen molar-refractivity contribution in [2.75, 3.05) is 25.0 Å². The highest BCUT2D eigenvalue weighted by molar-refractivity contribution is 9.10. The highest BCUT2D eigenvalue weighted by Crippen LogP contribution is 2.23. The molecule has 0 bridgehead atoms. The van der Waals surface area contributed by atoms with Gasteiger partial charge < -0.3 is 15.4 Å². The zero-order chi connectivity index (χ0) is 13.0. The Bertz CT molecular complexity index is 493. The quantitative estimate of drug-likeness (QED) is 0.862. The van der Waals surface area contributed by atoms with Crippen LogP contribution in [0.5, 0.6) is 0 Å². The van der Waals surface area contributed by atoms with Crippen molar-refractivity contribution in [2.45, 2.75) is 6.10 Å². The summed E-state index contributed by atoms with van der Waals surface area (Å²) in [6, 6.07) is 7.04. The number of nitriles is 1. The molecule has 1 aromatic carbocycles. The number of morpholine rings is 1. The predicted octanol–water partition coefficient (Wildman–Crippen LogP) is 1.25. The highest BCUT2D eigenvalue weighted by atomic mass is 79.9. The van der Waals surface area contributed by atoms with Gasteiger partial charge in [0.2, 0.25) is 0 Å². The lowest BCUT2D eigenvalue weighted by atomic mass is 10.2. The second-order valence-electron chi connectivity index (χ2n) is 3.86. The lowest BCUT2D eigenvalue weighted by molar-refractivity contribution is -0.128. The van der Waals surface area contributed by atoms with Crippen LogP contribution >= 0.6 is 15.9 Å². The molecule has 1 unspecified atom stereocenters. The SMILES string of the molecule is N#Cc1ccc(NC(=O)C2CNCCO2)c(Br)c1. The number of rotatable bonds is 2. The zero-order valence-corrected chi connectivity index (χ0v) is 11.2. The van der Waals surface area contributed by atoms with Crippen LogP contribution in [0.25, 0.3) is 0 Å². The molecule has 2 N–H and O–H groups in total. The molecule has 1 aliphatic heterocycles. The third-order valence-corrected chi connectivity index (χ3v) is 3.23. The number of carbonyl (C=O) groups excluding carboxylic acids is 1. The first-order valence-electron chi connectivity index (χ1n) is 5.53. The standard InChI is InChI=1S/C12H12BrN3O2/c13-9-5-8(6-14)1-2-10(9)16-12(17)11-7-15-3-4-18-11/h1-2,5,11,15H,3-4,7H2,(H,16,17). The molecule has 1 aromatic rings. The summed E-state index contributed by atoms with van der Waals surface area (Å²) in [4.78, 5) is 11.9. The van der Waals surface area contributed by atoms with E-state index in [1.807, 2.05) is 6.07 Å². The van der Waals surface area contributed by atoms with Gasteiger partial charge in [-0.2, -0.15) is 5.26 Å². The lowest BCUT2D eigenvalue weighted by Gasteiger charge is -2.22. The molecular formula is C12H12BrN3O2. The topological polar surface area (TPSA) is 74.2 Å². The van der Waals surface area contributed by atoms with E-state index in [1.165, 1.54) is 0 Å². The Morgan fingerprint density at radius 1 is 1.61 bits per heavy atom. The van der Waals surface area contributed by atoms with Crippen molar-refractivity contribution in [1.82, 2.24) is 5.32 Å². The van der Waals surface area contributed by atoms with Crippen molar-refractivity contribution < 1.29 is 9.53 Å². The number of benzene rings is 1. The second-order valence-corrected chi connectivity index (χ2v) is 4.71. The van der Waals surface area contributed by atoms with Crippen LogP contribution in [0.15, 0.2) is 22.7 Å². The van der Waals surface area contributed by atoms with Crippen molar-refractivity contribution in [1.29, 1.82) is 5.26 Å². The van der Waals surface area contributed by atoms with Crippen molar-refractivity contribution in [3.63, 3.8) is 0 Å². The minimum atomic E-state index is -0.471. The number of halogens is 1. The molecule has 1 atom stereocenters. The van der Waals surface area contributed by atoms with E-state index in [4.69, 9.17) is 10.00 Å². The maximum atomic E-state index is 11.9. The van der Waals surface area contributed by atoms with Crippen molar-refractivity contribution in [3.8, 4) is 6.07 Å². The normalized spacial score (nSPS) is 19.0. The summed E-state index contributed by atoms with van der Waals surface area (Å²) >= 11 is 3.32. The van der Waals surface area contributed by atoms with Crippen LogP contribution in [0.4, 0.5) is 5.69 Å². The number of anilines is 1. The van der Waals surface area contributed by atoms with Gasteiger partial charge in [-0.1, -0.05) is 0 Å². The van der Waals surface area contributed by atoms with E-state index in [0.717, 1.165) is 6.54 Å². The van der Waals surface area contributed by atoms with E-state index in [9.17, 15) is 4.79 Å². The Morgan fingerprint density at radius 2 is 2.44 bits per heavy atom. The minimum absolute atomic E-state index is 0.187. The third-order valence-electron chi connectivity index (χ3n) is 2.58. The molecule has 1 aliphatic rings. The van der Waals surface area contributed by atoms with E-state index in [2.05, 4.69) is 26.6 Å². The maximum Gasteiger partial charge on any atom is 0.254 e. The van der Waals surface area contributed by atoms with Gasteiger partial charge in [-0.3, -0.25) is 4.79 Å². The summed E-state index contributed by atoms with van der Waals surface area (Å²) in [5.41, 5.74) is 1.17. The van der Waals surface area contributed by atoms with Gasteiger partial charge in [0.25, 0.3) is 5.91 Å². The van der Waals surface area contributed by atoms with Crippen LogP contribution in [-0.4, -0.2) is 31.7 Å². The molecule has 5 nitrogen and oxygen atoms in total. The molecule has 0 aromatic heterocycles. The average molecular weight is 310 g/mol. The van der Waals surface area contributed by atoms with Crippen molar-refractivity contribution >= 4 is 27.5 Å². The number of carbonyl (C=O) groups is 1. The smallest absolute Gasteiger partial charge is 0.254 e. The fourth-order valence-corrected chi connectivity index (χ4v) is 2.11. The fraction of sp³-hybridized carbons (Fsp3) is 0.333. The Morgan fingerprint density at radius 3 is 3.06 bits per heavy atom. The number of amides is 1. The van der Waals surface area contributed by atoms with Gasteiger partial charge in [0.05, 0.1) is 23.9 Å². The maximum absolute atomic E-state index is 11.9. The molecule has 1 heterocycles. The van der Waals surface area contributed by atoms with Crippen molar-refractivity contribution in [2.24, 2.45) is 0 Å². The Balaban J connectivity index is 2.04. The Kier molecular flexibility index (Phi) is 4.31. The zero-order valence-electron chi connectivity index (χ0n) is 9.57. The number of nitrogens with zero attached hydrogens (tertiary/aromatic N) is 1. The van der Waals surface area contributed by atoms with Gasteiger partial charge in [-0.25, -0.2) is 0 Å². The number of hydrogen-bond donors (Lipinski definition) is 2.